The number of carbonyl (C=O) groups excluding carboxylic acids is 1. The van der Waals surface area contributed by atoms with Crippen LogP contribution in [0.2, 0.25) is 0 Å². The first-order chi connectivity index (χ1) is 14.6. The highest BCUT2D eigenvalue weighted by Gasteiger charge is 2.16. The van der Waals surface area contributed by atoms with E-state index in [-0.39, 0.29) is 40.5 Å². The van der Waals surface area contributed by atoms with Crippen LogP contribution in [0.25, 0.3) is 6.08 Å². The second-order valence-electron chi connectivity index (χ2n) is 7.56. The van der Waals surface area contributed by atoms with Gasteiger partial charge in [0.05, 0.1) is 11.7 Å². The van der Waals surface area contributed by atoms with Crippen LogP contribution in [-0.2, 0) is 6.42 Å². The van der Waals surface area contributed by atoms with Crippen LogP contribution in [0.3, 0.4) is 0 Å². The largest absolute Gasteiger partial charge is 0.508 e. The van der Waals surface area contributed by atoms with Crippen molar-refractivity contribution in [3.8, 4) is 23.0 Å². The minimum Gasteiger partial charge on any atom is -0.508 e. The Labute approximate surface area is 181 Å². The summed E-state index contributed by atoms with van der Waals surface area (Å²) in [7, 11) is 0. The molecule has 1 unspecified atom stereocenters. The first-order valence-electron chi connectivity index (χ1n) is 9.87. The number of aliphatic hydroxyl groups excluding tert-OH is 1. The fourth-order valence-electron chi connectivity index (χ4n) is 2.92. The third-order valence-corrected chi connectivity index (χ3v) is 4.99. The topological polar surface area (TPSA) is 118 Å². The third kappa shape index (κ3) is 6.49. The van der Waals surface area contributed by atoms with E-state index in [2.05, 4.69) is 6.58 Å². The summed E-state index contributed by atoms with van der Waals surface area (Å²) in [5.41, 5.74) is 2.45. The second kappa shape index (κ2) is 10.5. The second-order valence-corrected chi connectivity index (χ2v) is 7.56. The number of hydrogen-bond donors (Lipinski definition) is 5. The molecule has 6 nitrogen and oxygen atoms in total. The molecule has 1 atom stereocenters. The molecule has 0 saturated heterocycles. The van der Waals surface area contributed by atoms with Gasteiger partial charge in [0.15, 0.2) is 17.3 Å². The molecule has 5 N–H and O–H groups in total. The van der Waals surface area contributed by atoms with Crippen LogP contribution in [0.4, 0.5) is 0 Å². The summed E-state index contributed by atoms with van der Waals surface area (Å²) >= 11 is 0. The van der Waals surface area contributed by atoms with Gasteiger partial charge in [-0.1, -0.05) is 35.9 Å². The van der Waals surface area contributed by atoms with Crippen LogP contribution in [0.1, 0.15) is 48.2 Å². The fraction of sp³-hybridized carbons (Fsp3) is 0.240. The van der Waals surface area contributed by atoms with Crippen molar-refractivity contribution in [1.82, 2.24) is 0 Å². The van der Waals surface area contributed by atoms with Crippen molar-refractivity contribution in [3.63, 3.8) is 0 Å². The minimum atomic E-state index is -0.576. The van der Waals surface area contributed by atoms with Gasteiger partial charge in [0, 0.05) is 5.56 Å². The van der Waals surface area contributed by atoms with E-state index in [1.165, 1.54) is 42.5 Å². The van der Waals surface area contributed by atoms with Gasteiger partial charge >= 0.3 is 0 Å². The van der Waals surface area contributed by atoms with Crippen molar-refractivity contribution in [2.45, 2.75) is 39.2 Å². The normalized spacial score (nSPS) is 12.8. The molecule has 0 aliphatic carbocycles. The van der Waals surface area contributed by atoms with Gasteiger partial charge in [0.1, 0.15) is 11.5 Å². The maximum Gasteiger partial charge on any atom is 0.189 e. The molecule has 0 aromatic heterocycles. The molecule has 0 radical (unpaired) electrons. The number of aromatic hydroxyl groups is 4. The molecule has 0 amide bonds. The van der Waals surface area contributed by atoms with Crippen molar-refractivity contribution in [2.24, 2.45) is 0 Å². The summed E-state index contributed by atoms with van der Waals surface area (Å²) in [4.78, 5) is 12.5. The summed E-state index contributed by atoms with van der Waals surface area (Å²) in [5, 5.41) is 49.4. The average Bonchev–Trinajstić information content (AvgIpc) is 2.72. The summed E-state index contributed by atoms with van der Waals surface area (Å²) in [6.07, 6.45) is 5.34. The molecule has 31 heavy (non-hydrogen) atoms. The Morgan fingerprint density at radius 3 is 2.35 bits per heavy atom. The SMILES string of the molecule is C=C(C)C(O)CC/C(C)=C/Cc1c(O)ccc(C(=O)/C=C/c2ccc(O)c(O)c2)c1O. The molecule has 0 aliphatic heterocycles. The molecule has 0 saturated carbocycles. The summed E-state index contributed by atoms with van der Waals surface area (Å²) in [5.74, 6) is -1.46. The number of benzene rings is 2. The van der Waals surface area contributed by atoms with Crippen LogP contribution in [-0.4, -0.2) is 37.4 Å². The number of phenolic OH excluding ortho intramolecular Hbond substituents is 4. The lowest BCUT2D eigenvalue weighted by molar-refractivity contribution is 0.104. The highest BCUT2D eigenvalue weighted by molar-refractivity contribution is 6.09. The van der Waals surface area contributed by atoms with E-state index in [1.54, 1.807) is 6.92 Å². The number of rotatable bonds is 9. The van der Waals surface area contributed by atoms with E-state index in [4.69, 9.17) is 0 Å². The van der Waals surface area contributed by atoms with E-state index in [9.17, 15) is 30.3 Å². The zero-order valence-electron chi connectivity index (χ0n) is 17.7. The van der Waals surface area contributed by atoms with Crippen LogP contribution < -0.4 is 0 Å². The molecule has 6 heteroatoms. The lowest BCUT2D eigenvalue weighted by Crippen LogP contribution is -2.06. The lowest BCUT2D eigenvalue weighted by atomic mass is 9.99. The van der Waals surface area contributed by atoms with Gasteiger partial charge in [-0.05, 0) is 69.0 Å². The number of hydrogen-bond acceptors (Lipinski definition) is 6. The van der Waals surface area contributed by atoms with Crippen molar-refractivity contribution < 1.29 is 30.3 Å². The molecule has 0 bridgehead atoms. The molecule has 0 spiro atoms. The molecule has 0 fully saturated rings. The van der Waals surface area contributed by atoms with Crippen LogP contribution in [0.5, 0.6) is 23.0 Å². The first kappa shape index (κ1) is 23.8. The predicted octanol–water partition coefficient (Wildman–Crippen LogP) is 4.61. The Kier molecular flexibility index (Phi) is 8.05. The van der Waals surface area contributed by atoms with Crippen molar-refractivity contribution in [3.05, 3.63) is 76.9 Å². The lowest BCUT2D eigenvalue weighted by Gasteiger charge is -2.11. The quantitative estimate of drug-likeness (QED) is 0.174. The molecule has 0 heterocycles. The Morgan fingerprint density at radius 1 is 1.03 bits per heavy atom. The van der Waals surface area contributed by atoms with E-state index in [1.807, 2.05) is 13.0 Å². The standard InChI is InChI=1S/C25H28O6/c1-15(2)20(26)10-5-16(3)4-8-18-22(28)13-9-19(25(18)31)21(27)11-6-17-7-12-23(29)24(30)14-17/h4,6-7,9,11-14,20,26,28-31H,1,5,8,10H2,2-3H3/b11-6+,16-4+. The third-order valence-electron chi connectivity index (χ3n) is 4.99. The maximum atomic E-state index is 12.5. The van der Waals surface area contributed by atoms with E-state index in [0.717, 1.165) is 5.57 Å². The van der Waals surface area contributed by atoms with Gasteiger partial charge in [-0.25, -0.2) is 0 Å². The highest BCUT2D eigenvalue weighted by Crippen LogP contribution is 2.32. The minimum absolute atomic E-state index is 0.0378. The number of allylic oxidation sites excluding steroid dienone is 3. The molecule has 2 aromatic carbocycles. The molecule has 164 valence electrons. The predicted molar refractivity (Wildman–Crippen MR) is 120 cm³/mol. The van der Waals surface area contributed by atoms with Gasteiger partial charge < -0.3 is 25.5 Å². The van der Waals surface area contributed by atoms with E-state index in [0.29, 0.717) is 24.0 Å². The van der Waals surface area contributed by atoms with Gasteiger partial charge in [0.2, 0.25) is 0 Å². The molecule has 0 aliphatic rings. The Hall–Kier alpha value is -3.51. The zero-order chi connectivity index (χ0) is 23.1. The molecular weight excluding hydrogens is 396 g/mol. The summed E-state index contributed by atoms with van der Waals surface area (Å²) < 4.78 is 0. The highest BCUT2D eigenvalue weighted by atomic mass is 16.3. The van der Waals surface area contributed by atoms with Gasteiger partial charge in [-0.2, -0.15) is 0 Å². The summed E-state index contributed by atoms with van der Waals surface area (Å²) in [6, 6.07) is 6.84. The van der Waals surface area contributed by atoms with Crippen molar-refractivity contribution in [1.29, 1.82) is 0 Å². The Morgan fingerprint density at radius 2 is 1.71 bits per heavy atom. The van der Waals surface area contributed by atoms with Crippen LogP contribution in [0, 0.1) is 0 Å². The number of carbonyl (C=O) groups is 1. The van der Waals surface area contributed by atoms with Crippen LogP contribution >= 0.6 is 0 Å². The van der Waals surface area contributed by atoms with Crippen molar-refractivity contribution >= 4 is 11.9 Å². The van der Waals surface area contributed by atoms with Crippen molar-refractivity contribution in [2.75, 3.05) is 0 Å². The van der Waals surface area contributed by atoms with E-state index < -0.39 is 11.9 Å². The number of phenols is 4. The van der Waals surface area contributed by atoms with Gasteiger partial charge in [-0.3, -0.25) is 4.79 Å². The zero-order valence-corrected chi connectivity index (χ0v) is 17.7. The maximum absolute atomic E-state index is 12.5. The number of ketones is 1. The Balaban J connectivity index is 2.16. The fourth-order valence-corrected chi connectivity index (χ4v) is 2.92. The summed E-state index contributed by atoms with van der Waals surface area (Å²) in [6.45, 7) is 7.38. The van der Waals surface area contributed by atoms with Gasteiger partial charge in [0.25, 0.3) is 0 Å². The molecular formula is C25H28O6. The monoisotopic (exact) mass is 424 g/mol. The Bertz CT molecular complexity index is 1030. The van der Waals surface area contributed by atoms with Crippen LogP contribution in [0.15, 0.2) is 60.2 Å². The van der Waals surface area contributed by atoms with Gasteiger partial charge in [-0.15, -0.1) is 0 Å². The number of aliphatic hydroxyl groups is 1. The molecule has 2 rings (SSSR count). The molecule has 2 aromatic rings. The van der Waals surface area contributed by atoms with E-state index >= 15 is 0 Å². The average molecular weight is 424 g/mol. The first-order valence-corrected chi connectivity index (χ1v) is 9.87. The smallest absolute Gasteiger partial charge is 0.189 e.